The van der Waals surface area contributed by atoms with Gasteiger partial charge in [0, 0.05) is 17.0 Å². The number of benzene rings is 3. The first kappa shape index (κ1) is 32.5. The van der Waals surface area contributed by atoms with Crippen molar-refractivity contribution in [2.24, 2.45) is 0 Å². The molecule has 0 aliphatic carbocycles. The zero-order chi connectivity index (χ0) is 32.6. The number of thiazole rings is 1. The van der Waals surface area contributed by atoms with Crippen molar-refractivity contribution in [3.8, 4) is 33.2 Å². The number of hydrogen-bond acceptors (Lipinski definition) is 7. The summed E-state index contributed by atoms with van der Waals surface area (Å²) in [6, 6.07) is 4.33. The zero-order valence-corrected chi connectivity index (χ0v) is 24.0. The van der Waals surface area contributed by atoms with Crippen molar-refractivity contribution in [2.75, 3.05) is 18.4 Å². The molecule has 0 fully saturated rings. The SMILES string of the molecule is CCCOc1c(-c2cc(F)c(C(F)(F)F)c(F)c2)ccc(-c2nc(S(=O)(=O)Nc3cc(F)c(C(=O)O)cc3OC)cs2)c1F. The van der Waals surface area contributed by atoms with Crippen molar-refractivity contribution < 1.29 is 58.5 Å². The van der Waals surface area contributed by atoms with Crippen molar-refractivity contribution in [1.29, 1.82) is 0 Å². The molecule has 3 aromatic carbocycles. The van der Waals surface area contributed by atoms with Crippen LogP contribution in [0.15, 0.2) is 46.8 Å². The van der Waals surface area contributed by atoms with E-state index in [1.807, 2.05) is 4.72 Å². The number of alkyl halides is 3. The molecule has 8 nitrogen and oxygen atoms in total. The number of carboxylic acid groups (broad SMARTS) is 1. The number of carboxylic acids is 1. The van der Waals surface area contributed by atoms with E-state index in [-0.39, 0.29) is 28.5 Å². The van der Waals surface area contributed by atoms with Gasteiger partial charge in [0.05, 0.1) is 30.5 Å². The Morgan fingerprint density at radius 2 is 1.66 bits per heavy atom. The molecule has 0 saturated carbocycles. The Morgan fingerprint density at radius 3 is 2.23 bits per heavy atom. The molecule has 0 aliphatic heterocycles. The van der Waals surface area contributed by atoms with Gasteiger partial charge >= 0.3 is 12.1 Å². The monoisotopic (exact) mass is 664 g/mol. The van der Waals surface area contributed by atoms with Gasteiger partial charge in [0.1, 0.15) is 33.8 Å². The molecule has 0 bridgehead atoms. The molecule has 2 N–H and O–H groups in total. The normalized spacial score (nSPS) is 11.8. The molecular formula is C27H19F7N2O6S2. The molecule has 0 atom stereocenters. The molecule has 4 rings (SSSR count). The van der Waals surface area contributed by atoms with E-state index < -0.39 is 78.6 Å². The maximum atomic E-state index is 15.8. The third-order valence-corrected chi connectivity index (χ3v) is 8.21. The second-order valence-electron chi connectivity index (χ2n) is 8.90. The van der Waals surface area contributed by atoms with Crippen molar-refractivity contribution in [1.82, 2.24) is 4.98 Å². The molecule has 0 amide bonds. The number of nitrogens with zero attached hydrogens (tertiary/aromatic N) is 1. The summed E-state index contributed by atoms with van der Waals surface area (Å²) < 4.78 is 136. The van der Waals surface area contributed by atoms with E-state index in [0.29, 0.717) is 36.0 Å². The highest BCUT2D eigenvalue weighted by atomic mass is 32.2. The van der Waals surface area contributed by atoms with Crippen LogP contribution in [0.4, 0.5) is 36.4 Å². The largest absolute Gasteiger partial charge is 0.495 e. The molecule has 1 heterocycles. The minimum Gasteiger partial charge on any atom is -0.495 e. The zero-order valence-electron chi connectivity index (χ0n) is 22.4. The number of ether oxygens (including phenoxy) is 2. The van der Waals surface area contributed by atoms with Gasteiger partial charge in [-0.2, -0.15) is 21.6 Å². The number of carbonyl (C=O) groups is 1. The van der Waals surface area contributed by atoms with E-state index >= 15 is 4.39 Å². The first-order chi connectivity index (χ1) is 20.6. The maximum Gasteiger partial charge on any atom is 0.422 e. The van der Waals surface area contributed by atoms with Crippen molar-refractivity contribution in [2.45, 2.75) is 24.5 Å². The fourth-order valence-corrected chi connectivity index (χ4v) is 6.14. The van der Waals surface area contributed by atoms with Gasteiger partial charge in [-0.05, 0) is 42.3 Å². The minimum atomic E-state index is -5.32. The number of sulfonamides is 1. The van der Waals surface area contributed by atoms with E-state index in [1.54, 1.807) is 6.92 Å². The van der Waals surface area contributed by atoms with Gasteiger partial charge in [-0.25, -0.2) is 27.3 Å². The number of anilines is 1. The Balaban J connectivity index is 1.74. The lowest BCUT2D eigenvalue weighted by Gasteiger charge is -2.16. The summed E-state index contributed by atoms with van der Waals surface area (Å²) in [6.07, 6.45) is -4.97. The summed E-state index contributed by atoms with van der Waals surface area (Å²) in [4.78, 5) is 15.1. The van der Waals surface area contributed by atoms with Gasteiger partial charge in [-0.15, -0.1) is 11.3 Å². The van der Waals surface area contributed by atoms with Crippen molar-refractivity contribution in [3.05, 3.63) is 76.2 Å². The van der Waals surface area contributed by atoms with Gasteiger partial charge in [-0.1, -0.05) is 6.92 Å². The molecule has 0 radical (unpaired) electrons. The van der Waals surface area contributed by atoms with E-state index in [2.05, 4.69) is 4.98 Å². The highest BCUT2D eigenvalue weighted by molar-refractivity contribution is 7.92. The Morgan fingerprint density at radius 1 is 1.02 bits per heavy atom. The van der Waals surface area contributed by atoms with Crippen molar-refractivity contribution >= 4 is 33.0 Å². The number of nitrogens with one attached hydrogen (secondary N) is 1. The average Bonchev–Trinajstić information content (AvgIpc) is 3.42. The number of methoxy groups -OCH3 is 1. The van der Waals surface area contributed by atoms with Crippen LogP contribution in [0.5, 0.6) is 11.5 Å². The second kappa shape index (κ2) is 12.3. The number of hydrogen-bond donors (Lipinski definition) is 2. The average molecular weight is 665 g/mol. The summed E-state index contributed by atoms with van der Waals surface area (Å²) >= 11 is 0.664. The highest BCUT2D eigenvalue weighted by Gasteiger charge is 2.38. The Hall–Kier alpha value is -4.38. The number of rotatable bonds is 10. The molecule has 44 heavy (non-hydrogen) atoms. The quantitative estimate of drug-likeness (QED) is 0.171. The van der Waals surface area contributed by atoms with Crippen LogP contribution in [0.3, 0.4) is 0 Å². The molecule has 234 valence electrons. The van der Waals surface area contributed by atoms with Crippen LogP contribution < -0.4 is 14.2 Å². The van der Waals surface area contributed by atoms with Crippen LogP contribution in [0, 0.1) is 23.3 Å². The Bertz CT molecular complexity index is 1840. The first-order valence-corrected chi connectivity index (χ1v) is 14.6. The van der Waals surface area contributed by atoms with Gasteiger partial charge < -0.3 is 14.6 Å². The Kier molecular flexibility index (Phi) is 9.11. The van der Waals surface area contributed by atoms with E-state index in [4.69, 9.17) is 14.6 Å². The Labute approximate surface area is 248 Å². The lowest BCUT2D eigenvalue weighted by atomic mass is 9.99. The summed E-state index contributed by atoms with van der Waals surface area (Å²) in [5, 5.41) is 9.24. The van der Waals surface area contributed by atoms with Crippen LogP contribution in [0.1, 0.15) is 29.3 Å². The number of aromatic nitrogens is 1. The molecule has 0 saturated heterocycles. The van der Waals surface area contributed by atoms with Crippen LogP contribution >= 0.6 is 11.3 Å². The third-order valence-electron chi connectivity index (χ3n) is 5.94. The topological polar surface area (TPSA) is 115 Å². The fraction of sp³-hybridized carbons (Fsp3) is 0.185. The molecule has 17 heteroatoms. The molecule has 0 unspecified atom stereocenters. The number of halogens is 7. The maximum absolute atomic E-state index is 15.8. The van der Waals surface area contributed by atoms with E-state index in [0.717, 1.165) is 30.7 Å². The third kappa shape index (κ3) is 6.42. The summed E-state index contributed by atoms with van der Waals surface area (Å²) in [5.74, 6) is -8.76. The van der Waals surface area contributed by atoms with E-state index in [9.17, 15) is 39.6 Å². The van der Waals surface area contributed by atoms with Gasteiger partial charge in [0.25, 0.3) is 10.0 Å². The van der Waals surface area contributed by atoms with Crippen LogP contribution in [0.2, 0.25) is 0 Å². The van der Waals surface area contributed by atoms with E-state index in [1.165, 1.54) is 0 Å². The van der Waals surface area contributed by atoms with Gasteiger partial charge in [0.2, 0.25) is 0 Å². The summed E-state index contributed by atoms with van der Waals surface area (Å²) in [6.45, 7) is 1.57. The lowest BCUT2D eigenvalue weighted by Crippen LogP contribution is -2.15. The van der Waals surface area contributed by atoms with Crippen LogP contribution in [-0.4, -0.2) is 38.2 Å². The van der Waals surface area contributed by atoms with Gasteiger partial charge in [-0.3, -0.25) is 4.72 Å². The molecular weight excluding hydrogens is 645 g/mol. The number of aromatic carboxylic acids is 1. The minimum absolute atomic E-state index is 0.0978. The first-order valence-electron chi connectivity index (χ1n) is 12.2. The smallest absolute Gasteiger partial charge is 0.422 e. The van der Waals surface area contributed by atoms with Crippen molar-refractivity contribution in [3.63, 3.8) is 0 Å². The molecule has 0 spiro atoms. The predicted molar refractivity (Wildman–Crippen MR) is 144 cm³/mol. The lowest BCUT2D eigenvalue weighted by molar-refractivity contribution is -0.142. The molecule has 4 aromatic rings. The summed E-state index contributed by atoms with van der Waals surface area (Å²) in [7, 11) is -3.48. The standard InChI is InChI=1S/C27H19F7N2O6S2/c1-3-6-42-24-13(12-7-17(29)22(18(30)8-12)27(32,33)34)4-5-14(23(24)31)25-35-21(11-43-25)44(39,40)36-19-10-16(28)15(26(37)38)9-20(19)41-2/h4-5,7-11,36H,3,6H2,1-2H3,(H,37,38). The predicted octanol–water partition coefficient (Wildman–Crippen LogP) is 7.35. The van der Waals surface area contributed by atoms with Crippen LogP contribution in [-0.2, 0) is 16.2 Å². The van der Waals surface area contributed by atoms with Gasteiger partial charge in [0.15, 0.2) is 16.6 Å². The highest BCUT2D eigenvalue weighted by Crippen LogP contribution is 2.42. The molecule has 1 aromatic heterocycles. The van der Waals surface area contributed by atoms with Crippen LogP contribution in [0.25, 0.3) is 21.7 Å². The second-order valence-corrected chi connectivity index (χ2v) is 11.4. The fourth-order valence-electron chi connectivity index (χ4n) is 3.96. The summed E-state index contributed by atoms with van der Waals surface area (Å²) in [5.41, 5.74) is -4.39. The molecule has 0 aliphatic rings.